The number of nitrogens with zero attached hydrogens (tertiary/aromatic N) is 1. The minimum absolute atomic E-state index is 0.0329. The molecule has 3 aromatic rings. The number of halogens is 2. The minimum Gasteiger partial charge on any atom is -0.481 e. The first-order valence-corrected chi connectivity index (χ1v) is 12.5. The molecule has 188 valence electrons. The molecule has 5 nitrogen and oxygen atoms in total. The van der Waals surface area contributed by atoms with Crippen molar-refractivity contribution in [2.75, 3.05) is 11.9 Å². The normalized spacial score (nSPS) is 15.8. The molecule has 2 atom stereocenters. The summed E-state index contributed by atoms with van der Waals surface area (Å²) < 4.78 is 20.2. The van der Waals surface area contributed by atoms with E-state index in [-0.39, 0.29) is 23.5 Å². The highest BCUT2D eigenvalue weighted by Gasteiger charge is 2.33. The topological polar surface area (TPSA) is 58.6 Å². The van der Waals surface area contributed by atoms with E-state index in [9.17, 15) is 14.0 Å². The van der Waals surface area contributed by atoms with Crippen molar-refractivity contribution in [1.29, 1.82) is 0 Å². The van der Waals surface area contributed by atoms with Crippen LogP contribution in [0.3, 0.4) is 0 Å². The number of rotatable bonds is 7. The molecule has 7 heteroatoms. The summed E-state index contributed by atoms with van der Waals surface area (Å²) in [6.45, 7) is 6.24. The fraction of sp³-hybridized carbons (Fsp3) is 0.310. The molecular weight excluding hydrogens is 479 g/mol. The van der Waals surface area contributed by atoms with Gasteiger partial charge in [0.2, 0.25) is 5.91 Å². The van der Waals surface area contributed by atoms with E-state index in [4.69, 9.17) is 16.3 Å². The average molecular weight is 509 g/mol. The maximum Gasteiger partial charge on any atom is 0.265 e. The summed E-state index contributed by atoms with van der Waals surface area (Å²) in [6.07, 6.45) is 0.325. The molecule has 2 amide bonds. The van der Waals surface area contributed by atoms with Crippen molar-refractivity contribution in [2.24, 2.45) is 5.92 Å². The van der Waals surface area contributed by atoms with Crippen molar-refractivity contribution in [1.82, 2.24) is 4.90 Å². The quantitative estimate of drug-likeness (QED) is 0.401. The van der Waals surface area contributed by atoms with Crippen LogP contribution in [0.1, 0.15) is 49.9 Å². The molecule has 36 heavy (non-hydrogen) atoms. The number of hydrogen-bond donors (Lipinski definition) is 1. The van der Waals surface area contributed by atoms with Gasteiger partial charge in [0, 0.05) is 23.7 Å². The van der Waals surface area contributed by atoms with Gasteiger partial charge in [0.1, 0.15) is 11.6 Å². The van der Waals surface area contributed by atoms with Gasteiger partial charge >= 0.3 is 0 Å². The Hall–Kier alpha value is -3.38. The molecule has 0 bridgehead atoms. The Morgan fingerprint density at radius 1 is 1.08 bits per heavy atom. The van der Waals surface area contributed by atoms with Crippen molar-refractivity contribution >= 4 is 29.1 Å². The second-order valence-electron chi connectivity index (χ2n) is 9.51. The van der Waals surface area contributed by atoms with E-state index >= 15 is 0 Å². The summed E-state index contributed by atoms with van der Waals surface area (Å²) in [6, 6.07) is 18.5. The van der Waals surface area contributed by atoms with Crippen LogP contribution in [0.2, 0.25) is 5.02 Å². The predicted octanol–water partition coefficient (Wildman–Crippen LogP) is 6.41. The lowest BCUT2D eigenvalue weighted by molar-refractivity contribution is -0.134. The van der Waals surface area contributed by atoms with Gasteiger partial charge in [-0.3, -0.25) is 9.59 Å². The van der Waals surface area contributed by atoms with Crippen LogP contribution >= 0.6 is 11.6 Å². The molecule has 0 spiro atoms. The van der Waals surface area contributed by atoms with Crippen LogP contribution in [0.25, 0.3) is 0 Å². The molecule has 1 heterocycles. The summed E-state index contributed by atoms with van der Waals surface area (Å²) in [7, 11) is 0. The molecule has 3 aromatic carbocycles. The van der Waals surface area contributed by atoms with E-state index in [2.05, 4.69) is 5.32 Å². The second kappa shape index (κ2) is 11.1. The highest BCUT2D eigenvalue weighted by molar-refractivity contribution is 6.30. The highest BCUT2D eigenvalue weighted by atomic mass is 35.5. The SMILES string of the molecule is CC(C)CC(=O)N1CCc2ccc(OC(C)C(=O)Nc3cccc(Cl)c3)cc2C1c1cccc(F)c1. The standard InChI is InChI=1S/C29H30ClFN2O3/c1-18(2)14-27(34)33-13-12-20-10-11-25(17-26(20)28(33)21-6-4-8-23(31)15-21)36-19(3)29(35)32-24-9-5-7-22(30)16-24/h4-11,15-19,28H,12-14H2,1-3H3,(H,32,35). The fourth-order valence-corrected chi connectivity index (χ4v) is 4.70. The zero-order chi connectivity index (χ0) is 25.8. The van der Waals surface area contributed by atoms with Gasteiger partial charge in [0.15, 0.2) is 6.10 Å². The molecule has 1 aliphatic heterocycles. The molecule has 1 aliphatic rings. The molecule has 4 rings (SSSR count). The van der Waals surface area contributed by atoms with Crippen LogP contribution in [-0.2, 0) is 16.0 Å². The number of anilines is 1. The Kier molecular flexibility index (Phi) is 7.94. The van der Waals surface area contributed by atoms with E-state index in [0.717, 1.165) is 11.1 Å². The third kappa shape index (κ3) is 6.05. The maximum absolute atomic E-state index is 14.2. The fourth-order valence-electron chi connectivity index (χ4n) is 4.51. The zero-order valence-corrected chi connectivity index (χ0v) is 21.4. The summed E-state index contributed by atoms with van der Waals surface area (Å²) in [4.78, 5) is 27.7. The monoisotopic (exact) mass is 508 g/mol. The van der Waals surface area contributed by atoms with Crippen LogP contribution in [0, 0.1) is 11.7 Å². The zero-order valence-electron chi connectivity index (χ0n) is 20.6. The van der Waals surface area contributed by atoms with Gasteiger partial charge in [0.25, 0.3) is 5.91 Å². The number of carbonyl (C=O) groups excluding carboxylic acids is 2. The van der Waals surface area contributed by atoms with E-state index in [1.54, 1.807) is 37.3 Å². The lowest BCUT2D eigenvalue weighted by Gasteiger charge is -2.38. The van der Waals surface area contributed by atoms with Crippen molar-refractivity contribution in [3.05, 3.63) is 94.3 Å². The first-order chi connectivity index (χ1) is 17.2. The van der Waals surface area contributed by atoms with Crippen molar-refractivity contribution < 1.29 is 18.7 Å². The molecule has 0 aromatic heterocycles. The number of benzene rings is 3. The molecule has 2 unspecified atom stereocenters. The molecule has 0 radical (unpaired) electrons. The van der Waals surface area contributed by atoms with Crippen molar-refractivity contribution in [2.45, 2.75) is 45.8 Å². The molecular formula is C29H30ClFN2O3. The Morgan fingerprint density at radius 3 is 2.58 bits per heavy atom. The van der Waals surface area contributed by atoms with Gasteiger partial charge in [-0.2, -0.15) is 0 Å². The number of carbonyl (C=O) groups is 2. The molecule has 0 saturated carbocycles. The smallest absolute Gasteiger partial charge is 0.265 e. The molecule has 0 fully saturated rings. The second-order valence-corrected chi connectivity index (χ2v) is 9.95. The first-order valence-electron chi connectivity index (χ1n) is 12.1. The number of amides is 2. The van der Waals surface area contributed by atoms with Crippen LogP contribution in [0.5, 0.6) is 5.75 Å². The van der Waals surface area contributed by atoms with Gasteiger partial charge in [-0.1, -0.05) is 49.7 Å². The highest BCUT2D eigenvalue weighted by Crippen LogP contribution is 2.38. The van der Waals surface area contributed by atoms with Gasteiger partial charge < -0.3 is 15.0 Å². The molecule has 0 aliphatic carbocycles. The van der Waals surface area contributed by atoms with Crippen molar-refractivity contribution in [3.8, 4) is 5.75 Å². The Bertz CT molecular complexity index is 1260. The number of nitrogens with one attached hydrogen (secondary N) is 1. The largest absolute Gasteiger partial charge is 0.481 e. The summed E-state index contributed by atoms with van der Waals surface area (Å²) in [5, 5.41) is 3.33. The van der Waals surface area contributed by atoms with Crippen LogP contribution in [0.15, 0.2) is 66.7 Å². The minimum atomic E-state index is -0.781. The van der Waals surface area contributed by atoms with Gasteiger partial charge in [-0.25, -0.2) is 4.39 Å². The van der Waals surface area contributed by atoms with Crippen molar-refractivity contribution in [3.63, 3.8) is 0 Å². The first kappa shape index (κ1) is 25.7. The summed E-state index contributed by atoms with van der Waals surface area (Å²) >= 11 is 6.01. The van der Waals surface area contributed by atoms with E-state index in [1.807, 2.05) is 43.0 Å². The van der Waals surface area contributed by atoms with Crippen LogP contribution in [-0.4, -0.2) is 29.4 Å². The average Bonchev–Trinajstić information content (AvgIpc) is 2.82. The van der Waals surface area contributed by atoms with E-state index < -0.39 is 12.1 Å². The Morgan fingerprint density at radius 2 is 1.86 bits per heavy atom. The predicted molar refractivity (Wildman–Crippen MR) is 140 cm³/mol. The molecule has 1 N–H and O–H groups in total. The third-order valence-corrected chi connectivity index (χ3v) is 6.42. The lowest BCUT2D eigenvalue weighted by atomic mass is 9.87. The number of ether oxygens (including phenoxy) is 1. The van der Waals surface area contributed by atoms with Gasteiger partial charge in [-0.15, -0.1) is 0 Å². The van der Waals surface area contributed by atoms with Crippen LogP contribution < -0.4 is 10.1 Å². The van der Waals surface area contributed by atoms with E-state index in [1.165, 1.54) is 12.1 Å². The third-order valence-electron chi connectivity index (χ3n) is 6.19. The molecule has 0 saturated heterocycles. The van der Waals surface area contributed by atoms with E-state index in [0.29, 0.717) is 41.4 Å². The lowest BCUT2D eigenvalue weighted by Crippen LogP contribution is -2.41. The summed E-state index contributed by atoms with van der Waals surface area (Å²) in [5.41, 5.74) is 3.24. The van der Waals surface area contributed by atoms with Gasteiger partial charge in [0.05, 0.1) is 6.04 Å². The van der Waals surface area contributed by atoms with Crippen LogP contribution in [0.4, 0.5) is 10.1 Å². The number of fused-ring (bicyclic) bond motifs is 1. The Balaban J connectivity index is 1.61. The Labute approximate surface area is 216 Å². The summed E-state index contributed by atoms with van der Waals surface area (Å²) in [5.74, 6) is 0.0770. The van der Waals surface area contributed by atoms with Gasteiger partial charge in [-0.05, 0) is 78.4 Å². The maximum atomic E-state index is 14.2. The number of hydrogen-bond acceptors (Lipinski definition) is 3.